The number of rotatable bonds is 5. The van der Waals surface area contributed by atoms with Crippen molar-refractivity contribution in [3.63, 3.8) is 0 Å². The van der Waals surface area contributed by atoms with Crippen molar-refractivity contribution >= 4 is 11.8 Å². The van der Waals surface area contributed by atoms with Crippen molar-refractivity contribution in [1.29, 1.82) is 0 Å². The Kier molecular flexibility index (Phi) is 4.88. The van der Waals surface area contributed by atoms with E-state index in [0.29, 0.717) is 13.1 Å². The standard InChI is InChI=1S/C12H20N4O2/c1-12(2,3)11(18)13-6-5-10(17)14-8-9-4-7-15-16-9/h4,7H,5-6,8H2,1-3H3,(H,13,18)(H,14,17)(H,15,16). The number of amides is 2. The van der Waals surface area contributed by atoms with Crippen LogP contribution in [0.3, 0.4) is 0 Å². The van der Waals surface area contributed by atoms with E-state index in [9.17, 15) is 9.59 Å². The highest BCUT2D eigenvalue weighted by molar-refractivity contribution is 5.82. The average Bonchev–Trinajstić information content (AvgIpc) is 2.77. The van der Waals surface area contributed by atoms with E-state index in [-0.39, 0.29) is 18.2 Å². The van der Waals surface area contributed by atoms with Crippen LogP contribution in [0.25, 0.3) is 0 Å². The molecule has 1 aromatic rings. The van der Waals surface area contributed by atoms with Crippen LogP contribution in [0.5, 0.6) is 0 Å². The molecular weight excluding hydrogens is 232 g/mol. The quantitative estimate of drug-likeness (QED) is 0.716. The number of nitrogens with zero attached hydrogens (tertiary/aromatic N) is 1. The third-order valence-corrected chi connectivity index (χ3v) is 2.35. The van der Waals surface area contributed by atoms with E-state index in [1.165, 1.54) is 0 Å². The second kappa shape index (κ2) is 6.18. The number of carbonyl (C=O) groups is 2. The monoisotopic (exact) mass is 252 g/mol. The first-order chi connectivity index (χ1) is 8.39. The second-order valence-corrected chi connectivity index (χ2v) is 5.11. The smallest absolute Gasteiger partial charge is 0.225 e. The SMILES string of the molecule is CC(C)(C)C(=O)NCCC(=O)NCc1ccn[nH]1. The summed E-state index contributed by atoms with van der Waals surface area (Å²) in [5.74, 6) is -0.150. The first-order valence-electron chi connectivity index (χ1n) is 5.93. The van der Waals surface area contributed by atoms with E-state index in [2.05, 4.69) is 20.8 Å². The van der Waals surface area contributed by atoms with Gasteiger partial charge in [0.15, 0.2) is 0 Å². The molecule has 1 rings (SSSR count). The average molecular weight is 252 g/mol. The van der Waals surface area contributed by atoms with Gasteiger partial charge in [0, 0.05) is 24.6 Å². The number of nitrogens with one attached hydrogen (secondary N) is 3. The fourth-order valence-electron chi connectivity index (χ4n) is 1.22. The molecule has 0 unspecified atom stereocenters. The van der Waals surface area contributed by atoms with E-state index in [1.54, 1.807) is 12.3 Å². The Balaban J connectivity index is 2.16. The highest BCUT2D eigenvalue weighted by Gasteiger charge is 2.20. The van der Waals surface area contributed by atoms with Crippen molar-refractivity contribution < 1.29 is 9.59 Å². The molecule has 0 aromatic carbocycles. The van der Waals surface area contributed by atoms with Crippen molar-refractivity contribution in [1.82, 2.24) is 20.8 Å². The molecule has 0 aliphatic heterocycles. The maximum atomic E-state index is 11.5. The van der Waals surface area contributed by atoms with Gasteiger partial charge in [-0.05, 0) is 6.07 Å². The zero-order valence-corrected chi connectivity index (χ0v) is 11.0. The minimum absolute atomic E-state index is 0.0520. The van der Waals surface area contributed by atoms with E-state index >= 15 is 0 Å². The summed E-state index contributed by atoms with van der Waals surface area (Å²) in [6, 6.07) is 1.79. The highest BCUT2D eigenvalue weighted by Crippen LogP contribution is 2.11. The molecule has 18 heavy (non-hydrogen) atoms. The van der Waals surface area contributed by atoms with Gasteiger partial charge in [-0.3, -0.25) is 14.7 Å². The molecule has 2 amide bonds. The lowest BCUT2D eigenvalue weighted by Crippen LogP contribution is -2.37. The summed E-state index contributed by atoms with van der Waals surface area (Å²) >= 11 is 0. The summed E-state index contributed by atoms with van der Waals surface area (Å²) in [7, 11) is 0. The van der Waals surface area contributed by atoms with Gasteiger partial charge >= 0.3 is 0 Å². The largest absolute Gasteiger partial charge is 0.355 e. The Labute approximate surface area is 107 Å². The van der Waals surface area contributed by atoms with Gasteiger partial charge in [-0.25, -0.2) is 0 Å². The van der Waals surface area contributed by atoms with Crippen LogP contribution in [0.15, 0.2) is 12.3 Å². The van der Waals surface area contributed by atoms with Crippen molar-refractivity contribution in [3.05, 3.63) is 18.0 Å². The summed E-state index contributed by atoms with van der Waals surface area (Å²) in [6.45, 7) is 6.28. The molecule has 0 bridgehead atoms. The molecule has 100 valence electrons. The van der Waals surface area contributed by atoms with E-state index in [0.717, 1.165) is 5.69 Å². The topological polar surface area (TPSA) is 86.9 Å². The predicted molar refractivity (Wildman–Crippen MR) is 67.5 cm³/mol. The molecule has 3 N–H and O–H groups in total. The van der Waals surface area contributed by atoms with Crippen LogP contribution in [0.4, 0.5) is 0 Å². The molecule has 0 saturated heterocycles. The first-order valence-corrected chi connectivity index (χ1v) is 5.93. The molecule has 6 nitrogen and oxygen atoms in total. The molecule has 0 saturated carbocycles. The minimum Gasteiger partial charge on any atom is -0.355 e. The molecular formula is C12H20N4O2. The molecule has 1 heterocycles. The van der Waals surface area contributed by atoms with Crippen LogP contribution < -0.4 is 10.6 Å². The molecule has 0 atom stereocenters. The Hall–Kier alpha value is -1.85. The lowest BCUT2D eigenvalue weighted by Gasteiger charge is -2.17. The van der Waals surface area contributed by atoms with E-state index in [4.69, 9.17) is 0 Å². The molecule has 0 fully saturated rings. The third kappa shape index (κ3) is 4.99. The normalized spacial score (nSPS) is 11.1. The summed E-state index contributed by atoms with van der Waals surface area (Å²) in [5.41, 5.74) is 0.425. The summed E-state index contributed by atoms with van der Waals surface area (Å²) in [4.78, 5) is 23.0. The molecule has 0 aliphatic rings. The van der Waals surface area contributed by atoms with Crippen LogP contribution in [0.1, 0.15) is 32.9 Å². The molecule has 6 heteroatoms. The number of aromatic nitrogens is 2. The number of H-pyrrole nitrogens is 1. The summed E-state index contributed by atoms with van der Waals surface area (Å²) < 4.78 is 0. The molecule has 0 aliphatic carbocycles. The first kappa shape index (κ1) is 14.2. The van der Waals surface area contributed by atoms with Crippen LogP contribution in [-0.2, 0) is 16.1 Å². The predicted octanol–water partition coefficient (Wildman–Crippen LogP) is 0.578. The van der Waals surface area contributed by atoms with E-state index < -0.39 is 5.41 Å². The van der Waals surface area contributed by atoms with Crippen LogP contribution >= 0.6 is 0 Å². The fraction of sp³-hybridized carbons (Fsp3) is 0.583. The maximum absolute atomic E-state index is 11.5. The van der Waals surface area contributed by atoms with Gasteiger partial charge in [-0.2, -0.15) is 5.10 Å². The van der Waals surface area contributed by atoms with Gasteiger partial charge in [0.05, 0.1) is 12.2 Å². The fourth-order valence-corrected chi connectivity index (χ4v) is 1.22. The van der Waals surface area contributed by atoms with Gasteiger partial charge in [0.25, 0.3) is 0 Å². The van der Waals surface area contributed by atoms with Gasteiger partial charge in [0.2, 0.25) is 11.8 Å². The molecule has 0 radical (unpaired) electrons. The van der Waals surface area contributed by atoms with Gasteiger partial charge in [-0.1, -0.05) is 20.8 Å². The number of hydrogen-bond acceptors (Lipinski definition) is 3. The van der Waals surface area contributed by atoms with Crippen molar-refractivity contribution in [2.45, 2.75) is 33.7 Å². The van der Waals surface area contributed by atoms with Crippen LogP contribution in [-0.4, -0.2) is 28.6 Å². The summed E-state index contributed by atoms with van der Waals surface area (Å²) in [5, 5.41) is 12.0. The zero-order valence-electron chi connectivity index (χ0n) is 11.0. The van der Waals surface area contributed by atoms with Gasteiger partial charge in [-0.15, -0.1) is 0 Å². The number of hydrogen-bond donors (Lipinski definition) is 3. The number of carbonyl (C=O) groups excluding carboxylic acids is 2. The highest BCUT2D eigenvalue weighted by atomic mass is 16.2. The van der Waals surface area contributed by atoms with Crippen molar-refractivity contribution in [2.75, 3.05) is 6.54 Å². The lowest BCUT2D eigenvalue weighted by atomic mass is 9.96. The summed E-state index contributed by atoms with van der Waals surface area (Å²) in [6.07, 6.45) is 1.90. The van der Waals surface area contributed by atoms with Crippen molar-refractivity contribution in [2.24, 2.45) is 5.41 Å². The second-order valence-electron chi connectivity index (χ2n) is 5.11. The van der Waals surface area contributed by atoms with Gasteiger partial charge < -0.3 is 10.6 Å². The Morgan fingerprint density at radius 2 is 2.06 bits per heavy atom. The van der Waals surface area contributed by atoms with Crippen LogP contribution in [0, 0.1) is 5.41 Å². The van der Waals surface area contributed by atoms with Crippen LogP contribution in [0.2, 0.25) is 0 Å². The third-order valence-electron chi connectivity index (χ3n) is 2.35. The van der Waals surface area contributed by atoms with E-state index in [1.807, 2.05) is 20.8 Å². The maximum Gasteiger partial charge on any atom is 0.225 e. The molecule has 1 aromatic heterocycles. The Morgan fingerprint density at radius 1 is 1.33 bits per heavy atom. The minimum atomic E-state index is -0.424. The Bertz CT molecular complexity index is 393. The zero-order chi connectivity index (χ0) is 13.6. The number of aromatic amines is 1. The lowest BCUT2D eigenvalue weighted by molar-refractivity contribution is -0.128. The van der Waals surface area contributed by atoms with Gasteiger partial charge in [0.1, 0.15) is 0 Å². The Morgan fingerprint density at radius 3 is 2.61 bits per heavy atom. The van der Waals surface area contributed by atoms with Crippen molar-refractivity contribution in [3.8, 4) is 0 Å². The molecule has 0 spiro atoms.